The minimum Gasteiger partial charge on any atom is -0.371 e. The average molecular weight is 364 g/mol. The lowest BCUT2D eigenvalue weighted by Crippen LogP contribution is -2.34. The fourth-order valence-corrected chi connectivity index (χ4v) is 3.84. The molecule has 1 aliphatic rings. The summed E-state index contributed by atoms with van der Waals surface area (Å²) < 4.78 is 0. The van der Waals surface area contributed by atoms with Crippen LogP contribution in [0.3, 0.4) is 0 Å². The molecule has 27 heavy (non-hydrogen) atoms. The zero-order chi connectivity index (χ0) is 19.2. The van der Waals surface area contributed by atoms with Crippen LogP contribution in [0, 0.1) is 17.2 Å². The Kier molecular flexibility index (Phi) is 6.41. The smallest absolute Gasteiger partial charge is 0.146 e. The molecule has 0 unspecified atom stereocenters. The number of benzene rings is 1. The number of ketones is 1. The first kappa shape index (κ1) is 19.3. The van der Waals surface area contributed by atoms with Crippen LogP contribution in [0.5, 0.6) is 0 Å². The molecule has 0 aliphatic carbocycles. The lowest BCUT2D eigenvalue weighted by molar-refractivity contribution is -0.120. The van der Waals surface area contributed by atoms with Crippen LogP contribution in [0.1, 0.15) is 38.2 Å². The molecule has 2 aromatic rings. The third kappa shape index (κ3) is 4.64. The maximum absolute atomic E-state index is 12.1. The van der Waals surface area contributed by atoms with E-state index in [0.717, 1.165) is 55.5 Å². The predicted molar refractivity (Wildman–Crippen MR) is 109 cm³/mol. The van der Waals surface area contributed by atoms with E-state index in [9.17, 15) is 10.1 Å². The standard InChI is InChI=1S/C22H28N4O/c1-3-25(2)16-19(27)8-6-17-10-13-26(14-11-17)21-9-7-18(15-23)22-20(21)5-4-12-24-22/h4-5,7,9,12,17H,3,6,8,10-11,13-14,16H2,1-2H3. The average Bonchev–Trinajstić information content (AvgIpc) is 2.71. The lowest BCUT2D eigenvalue weighted by atomic mass is 9.90. The first-order chi connectivity index (χ1) is 13.1. The van der Waals surface area contributed by atoms with Crippen LogP contribution in [-0.2, 0) is 4.79 Å². The highest BCUT2D eigenvalue weighted by Gasteiger charge is 2.22. The van der Waals surface area contributed by atoms with E-state index in [-0.39, 0.29) is 0 Å². The number of Topliss-reactive ketones (excluding diaryl/α,β-unsaturated/α-hetero) is 1. The summed E-state index contributed by atoms with van der Waals surface area (Å²) in [5.74, 6) is 0.978. The third-order valence-electron chi connectivity index (χ3n) is 5.64. The van der Waals surface area contributed by atoms with E-state index < -0.39 is 0 Å². The minimum atomic E-state index is 0.353. The van der Waals surface area contributed by atoms with E-state index in [2.05, 4.69) is 27.8 Å². The number of pyridine rings is 1. The summed E-state index contributed by atoms with van der Waals surface area (Å²) in [7, 11) is 1.99. The second-order valence-electron chi connectivity index (χ2n) is 7.48. The molecule has 1 saturated heterocycles. The van der Waals surface area contributed by atoms with Gasteiger partial charge in [-0.3, -0.25) is 14.7 Å². The Balaban J connectivity index is 1.59. The third-order valence-corrected chi connectivity index (χ3v) is 5.64. The summed E-state index contributed by atoms with van der Waals surface area (Å²) in [5, 5.41) is 10.4. The molecule has 0 bridgehead atoms. The molecule has 1 aromatic carbocycles. The van der Waals surface area contributed by atoms with Gasteiger partial charge < -0.3 is 4.90 Å². The Morgan fingerprint density at radius 3 is 2.81 bits per heavy atom. The van der Waals surface area contributed by atoms with Crippen molar-refractivity contribution in [3.63, 3.8) is 0 Å². The number of nitrogens with zero attached hydrogens (tertiary/aromatic N) is 4. The van der Waals surface area contributed by atoms with Crippen molar-refractivity contribution in [2.24, 2.45) is 5.92 Å². The van der Waals surface area contributed by atoms with E-state index >= 15 is 0 Å². The van der Waals surface area contributed by atoms with E-state index in [1.165, 1.54) is 0 Å². The number of nitriles is 1. The number of carbonyl (C=O) groups is 1. The van der Waals surface area contributed by atoms with Gasteiger partial charge in [-0.15, -0.1) is 0 Å². The Bertz CT molecular complexity index is 834. The van der Waals surface area contributed by atoms with Gasteiger partial charge in [0, 0.05) is 36.8 Å². The maximum Gasteiger partial charge on any atom is 0.146 e. The van der Waals surface area contributed by atoms with Crippen molar-refractivity contribution < 1.29 is 4.79 Å². The van der Waals surface area contributed by atoms with Crippen LogP contribution in [-0.4, -0.2) is 48.9 Å². The van der Waals surface area contributed by atoms with Crippen molar-refractivity contribution in [1.82, 2.24) is 9.88 Å². The second kappa shape index (κ2) is 8.96. The minimum absolute atomic E-state index is 0.353. The largest absolute Gasteiger partial charge is 0.371 e. The van der Waals surface area contributed by atoms with Crippen LogP contribution >= 0.6 is 0 Å². The zero-order valence-electron chi connectivity index (χ0n) is 16.3. The summed E-state index contributed by atoms with van der Waals surface area (Å²) in [6.07, 6.45) is 5.65. The number of hydrogen-bond acceptors (Lipinski definition) is 5. The van der Waals surface area contributed by atoms with Crippen molar-refractivity contribution in [3.05, 3.63) is 36.0 Å². The summed E-state index contributed by atoms with van der Waals surface area (Å²) in [6, 6.07) is 10.1. The van der Waals surface area contributed by atoms with E-state index in [0.29, 0.717) is 30.2 Å². The predicted octanol–water partition coefficient (Wildman–Crippen LogP) is 3.62. The topological polar surface area (TPSA) is 60.2 Å². The van der Waals surface area contributed by atoms with Crippen molar-refractivity contribution in [2.75, 3.05) is 38.1 Å². The summed E-state index contributed by atoms with van der Waals surface area (Å²) in [5.41, 5.74) is 2.57. The van der Waals surface area contributed by atoms with Crippen LogP contribution in [0.15, 0.2) is 30.5 Å². The highest BCUT2D eigenvalue weighted by molar-refractivity contribution is 5.95. The quantitative estimate of drug-likeness (QED) is 0.751. The van der Waals surface area contributed by atoms with Crippen molar-refractivity contribution in [1.29, 1.82) is 5.26 Å². The van der Waals surface area contributed by atoms with Crippen molar-refractivity contribution >= 4 is 22.4 Å². The van der Waals surface area contributed by atoms with Gasteiger partial charge in [0.15, 0.2) is 0 Å². The second-order valence-corrected chi connectivity index (χ2v) is 7.48. The molecule has 0 amide bonds. The molecule has 0 atom stereocenters. The zero-order valence-corrected chi connectivity index (χ0v) is 16.3. The molecular formula is C22H28N4O. The monoisotopic (exact) mass is 364 g/mol. The fourth-order valence-electron chi connectivity index (χ4n) is 3.84. The molecule has 1 aliphatic heterocycles. The molecule has 5 heteroatoms. The molecule has 0 spiro atoms. The Labute approximate surface area is 161 Å². The number of likely N-dealkylation sites (N-methyl/N-ethyl adjacent to an activating group) is 1. The molecule has 1 aromatic heterocycles. The first-order valence-corrected chi connectivity index (χ1v) is 9.85. The lowest BCUT2D eigenvalue weighted by Gasteiger charge is -2.34. The summed E-state index contributed by atoms with van der Waals surface area (Å²) in [6.45, 7) is 5.54. The number of carbonyl (C=O) groups excluding carboxylic acids is 1. The van der Waals surface area contributed by atoms with Crippen LogP contribution < -0.4 is 4.90 Å². The van der Waals surface area contributed by atoms with Gasteiger partial charge in [-0.1, -0.05) is 6.92 Å². The Morgan fingerprint density at radius 1 is 1.33 bits per heavy atom. The van der Waals surface area contributed by atoms with Crippen LogP contribution in [0.4, 0.5) is 5.69 Å². The summed E-state index contributed by atoms with van der Waals surface area (Å²) >= 11 is 0. The van der Waals surface area contributed by atoms with Gasteiger partial charge in [0.25, 0.3) is 0 Å². The van der Waals surface area contributed by atoms with Crippen LogP contribution in [0.2, 0.25) is 0 Å². The molecule has 5 nitrogen and oxygen atoms in total. The van der Waals surface area contributed by atoms with Gasteiger partial charge in [-0.2, -0.15) is 5.26 Å². The number of hydrogen-bond donors (Lipinski definition) is 0. The molecule has 1 fully saturated rings. The number of piperidine rings is 1. The Morgan fingerprint density at radius 2 is 2.11 bits per heavy atom. The number of rotatable bonds is 7. The molecule has 142 valence electrons. The van der Waals surface area contributed by atoms with Gasteiger partial charge in [0.05, 0.1) is 17.6 Å². The maximum atomic E-state index is 12.1. The number of fused-ring (bicyclic) bond motifs is 1. The number of anilines is 1. The van der Waals surface area contributed by atoms with E-state index in [1.807, 2.05) is 31.3 Å². The van der Waals surface area contributed by atoms with Gasteiger partial charge in [-0.25, -0.2) is 0 Å². The van der Waals surface area contributed by atoms with Gasteiger partial charge in [-0.05, 0) is 63.0 Å². The number of aromatic nitrogens is 1. The highest BCUT2D eigenvalue weighted by atomic mass is 16.1. The van der Waals surface area contributed by atoms with Gasteiger partial charge in [0.2, 0.25) is 0 Å². The normalized spacial score (nSPS) is 15.3. The SMILES string of the molecule is CCN(C)CC(=O)CCC1CCN(c2ccc(C#N)c3ncccc23)CC1. The molecule has 0 N–H and O–H groups in total. The first-order valence-electron chi connectivity index (χ1n) is 9.85. The molecule has 2 heterocycles. The fraction of sp³-hybridized carbons (Fsp3) is 0.500. The van der Waals surface area contributed by atoms with Gasteiger partial charge in [0.1, 0.15) is 11.9 Å². The van der Waals surface area contributed by atoms with Crippen molar-refractivity contribution in [2.45, 2.75) is 32.6 Å². The Hall–Kier alpha value is -2.45. The van der Waals surface area contributed by atoms with E-state index in [4.69, 9.17) is 0 Å². The molecule has 3 rings (SSSR count). The highest BCUT2D eigenvalue weighted by Crippen LogP contribution is 2.32. The van der Waals surface area contributed by atoms with Crippen LogP contribution in [0.25, 0.3) is 10.9 Å². The summed E-state index contributed by atoms with van der Waals surface area (Å²) in [4.78, 5) is 20.9. The van der Waals surface area contributed by atoms with Crippen molar-refractivity contribution in [3.8, 4) is 6.07 Å². The molecular weight excluding hydrogens is 336 g/mol. The molecule has 0 saturated carbocycles. The molecule has 0 radical (unpaired) electrons. The van der Waals surface area contributed by atoms with E-state index in [1.54, 1.807) is 6.20 Å². The van der Waals surface area contributed by atoms with Gasteiger partial charge >= 0.3 is 0 Å².